The van der Waals surface area contributed by atoms with Gasteiger partial charge in [0.1, 0.15) is 5.69 Å². The van der Waals surface area contributed by atoms with E-state index in [-0.39, 0.29) is 5.91 Å². The summed E-state index contributed by atoms with van der Waals surface area (Å²) < 4.78 is 0. The molecule has 1 N–H and O–H groups in total. The summed E-state index contributed by atoms with van der Waals surface area (Å²) in [5.41, 5.74) is 2.75. The molecule has 1 aliphatic heterocycles. The number of nitrogens with zero attached hydrogens (tertiary/aromatic N) is 3. The minimum atomic E-state index is -0.200. The average Bonchev–Trinajstić information content (AvgIpc) is 3.08. The van der Waals surface area contributed by atoms with Crippen LogP contribution < -0.4 is 5.32 Å². The van der Waals surface area contributed by atoms with Gasteiger partial charge in [-0.2, -0.15) is 0 Å². The predicted octanol–water partition coefficient (Wildman–Crippen LogP) is 2.00. The fourth-order valence-corrected chi connectivity index (χ4v) is 2.65. The maximum Gasteiger partial charge on any atom is 0.271 e. The van der Waals surface area contributed by atoms with E-state index in [9.17, 15) is 4.79 Å². The molecule has 1 saturated heterocycles. The third-order valence-electron chi connectivity index (χ3n) is 3.88. The van der Waals surface area contributed by atoms with Crippen molar-refractivity contribution in [2.45, 2.75) is 25.9 Å². The first-order valence-electron chi connectivity index (χ1n) is 7.66. The van der Waals surface area contributed by atoms with Crippen molar-refractivity contribution < 1.29 is 4.79 Å². The smallest absolute Gasteiger partial charge is 0.271 e. The van der Waals surface area contributed by atoms with Crippen molar-refractivity contribution in [2.75, 3.05) is 13.1 Å². The van der Waals surface area contributed by atoms with Gasteiger partial charge in [0.05, 0.1) is 6.20 Å². The number of hydrogen-bond acceptors (Lipinski definition) is 4. The first kappa shape index (κ1) is 14.7. The van der Waals surface area contributed by atoms with Gasteiger partial charge in [0.25, 0.3) is 5.91 Å². The lowest BCUT2D eigenvalue weighted by Crippen LogP contribution is -2.24. The molecular weight excluding hydrogens is 276 g/mol. The molecule has 2 aromatic rings. The lowest BCUT2D eigenvalue weighted by Gasteiger charge is -2.14. The van der Waals surface area contributed by atoms with Gasteiger partial charge in [0.15, 0.2) is 0 Å². The van der Waals surface area contributed by atoms with Gasteiger partial charge in [-0.25, -0.2) is 4.98 Å². The van der Waals surface area contributed by atoms with E-state index in [0.29, 0.717) is 12.2 Å². The summed E-state index contributed by atoms with van der Waals surface area (Å²) in [5, 5.41) is 2.86. The fraction of sp³-hybridized carbons (Fsp3) is 0.353. The molecule has 5 nitrogen and oxygen atoms in total. The van der Waals surface area contributed by atoms with E-state index in [0.717, 1.165) is 12.1 Å². The SMILES string of the molecule is O=C(NCc1ccc(CN2CCCC2)cc1)c1cnccn1. The second-order valence-electron chi connectivity index (χ2n) is 5.57. The molecule has 2 heterocycles. The normalized spacial score (nSPS) is 14.9. The van der Waals surface area contributed by atoms with E-state index < -0.39 is 0 Å². The standard InChI is InChI=1S/C17H20N4O/c22-17(16-12-18-7-8-19-16)20-11-14-3-5-15(6-4-14)13-21-9-1-2-10-21/h3-8,12H,1-2,9-11,13H2,(H,20,22). The molecule has 0 spiro atoms. The second kappa shape index (κ2) is 7.13. The van der Waals surface area contributed by atoms with Gasteiger partial charge in [0, 0.05) is 25.5 Å². The van der Waals surface area contributed by atoms with Gasteiger partial charge in [-0.3, -0.25) is 14.7 Å². The summed E-state index contributed by atoms with van der Waals surface area (Å²) in [7, 11) is 0. The molecule has 1 aromatic carbocycles. The van der Waals surface area contributed by atoms with Crippen molar-refractivity contribution in [1.82, 2.24) is 20.2 Å². The summed E-state index contributed by atoms with van der Waals surface area (Å²) in [6.07, 6.45) is 7.16. The summed E-state index contributed by atoms with van der Waals surface area (Å²) in [6, 6.07) is 8.43. The third-order valence-corrected chi connectivity index (χ3v) is 3.88. The topological polar surface area (TPSA) is 58.1 Å². The van der Waals surface area contributed by atoms with Crippen molar-refractivity contribution in [3.05, 3.63) is 59.7 Å². The zero-order valence-corrected chi connectivity index (χ0v) is 12.5. The number of nitrogens with one attached hydrogen (secondary N) is 1. The fourth-order valence-electron chi connectivity index (χ4n) is 2.65. The molecule has 5 heteroatoms. The minimum absolute atomic E-state index is 0.200. The van der Waals surface area contributed by atoms with Crippen molar-refractivity contribution in [2.24, 2.45) is 0 Å². The van der Waals surface area contributed by atoms with Gasteiger partial charge in [-0.15, -0.1) is 0 Å². The van der Waals surface area contributed by atoms with Crippen molar-refractivity contribution in [3.63, 3.8) is 0 Å². The molecule has 0 aliphatic carbocycles. The van der Waals surface area contributed by atoms with Crippen LogP contribution in [-0.2, 0) is 13.1 Å². The molecule has 22 heavy (non-hydrogen) atoms. The highest BCUT2D eigenvalue weighted by Crippen LogP contribution is 2.13. The molecule has 0 saturated carbocycles. The Balaban J connectivity index is 1.51. The Morgan fingerprint density at radius 1 is 1.09 bits per heavy atom. The number of rotatable bonds is 5. The molecule has 1 fully saturated rings. The van der Waals surface area contributed by atoms with Crippen LogP contribution in [0.2, 0.25) is 0 Å². The number of benzene rings is 1. The van der Waals surface area contributed by atoms with Crippen molar-refractivity contribution in [3.8, 4) is 0 Å². The summed E-state index contributed by atoms with van der Waals surface area (Å²) in [6.45, 7) is 3.93. The molecule has 3 rings (SSSR count). The first-order valence-corrected chi connectivity index (χ1v) is 7.66. The molecule has 1 aliphatic rings. The van der Waals surface area contributed by atoms with E-state index >= 15 is 0 Å². The van der Waals surface area contributed by atoms with Gasteiger partial charge < -0.3 is 5.32 Å². The average molecular weight is 296 g/mol. The molecule has 0 bridgehead atoms. The van der Waals surface area contributed by atoms with E-state index in [4.69, 9.17) is 0 Å². The number of carbonyl (C=O) groups excluding carboxylic acids is 1. The lowest BCUT2D eigenvalue weighted by atomic mass is 10.1. The molecule has 114 valence electrons. The maximum absolute atomic E-state index is 11.9. The second-order valence-corrected chi connectivity index (χ2v) is 5.57. The van der Waals surface area contributed by atoms with Crippen LogP contribution in [0.25, 0.3) is 0 Å². The van der Waals surface area contributed by atoms with Crippen LogP contribution in [0.5, 0.6) is 0 Å². The molecule has 1 aromatic heterocycles. The van der Waals surface area contributed by atoms with Crippen LogP contribution in [0.15, 0.2) is 42.9 Å². The highest BCUT2D eigenvalue weighted by atomic mass is 16.1. The van der Waals surface area contributed by atoms with E-state index in [2.05, 4.69) is 44.5 Å². The summed E-state index contributed by atoms with van der Waals surface area (Å²) in [4.78, 5) is 22.2. The highest BCUT2D eigenvalue weighted by Gasteiger charge is 2.11. The Hall–Kier alpha value is -2.27. The zero-order chi connectivity index (χ0) is 15.2. The Morgan fingerprint density at radius 2 is 1.82 bits per heavy atom. The van der Waals surface area contributed by atoms with E-state index in [1.54, 1.807) is 6.20 Å². The molecular formula is C17H20N4O. The van der Waals surface area contributed by atoms with Gasteiger partial charge >= 0.3 is 0 Å². The number of carbonyl (C=O) groups is 1. The van der Waals surface area contributed by atoms with Crippen LogP contribution in [-0.4, -0.2) is 33.9 Å². The Labute approximate surface area is 130 Å². The number of amides is 1. The van der Waals surface area contributed by atoms with E-state index in [1.165, 1.54) is 43.9 Å². The predicted molar refractivity (Wildman–Crippen MR) is 84.2 cm³/mol. The van der Waals surface area contributed by atoms with Crippen LogP contribution in [0.4, 0.5) is 0 Å². The number of aromatic nitrogens is 2. The third kappa shape index (κ3) is 3.89. The molecule has 0 radical (unpaired) electrons. The van der Waals surface area contributed by atoms with Gasteiger partial charge in [0.2, 0.25) is 0 Å². The van der Waals surface area contributed by atoms with Gasteiger partial charge in [-0.05, 0) is 37.1 Å². The Kier molecular flexibility index (Phi) is 4.75. The van der Waals surface area contributed by atoms with Gasteiger partial charge in [-0.1, -0.05) is 24.3 Å². The number of hydrogen-bond donors (Lipinski definition) is 1. The Morgan fingerprint density at radius 3 is 2.50 bits per heavy atom. The summed E-state index contributed by atoms with van der Waals surface area (Å²) >= 11 is 0. The largest absolute Gasteiger partial charge is 0.347 e. The van der Waals surface area contributed by atoms with Crippen molar-refractivity contribution >= 4 is 5.91 Å². The lowest BCUT2D eigenvalue weighted by molar-refractivity contribution is 0.0945. The van der Waals surface area contributed by atoms with Crippen LogP contribution in [0.1, 0.15) is 34.5 Å². The summed E-state index contributed by atoms with van der Waals surface area (Å²) in [5.74, 6) is -0.200. The van der Waals surface area contributed by atoms with Crippen molar-refractivity contribution in [1.29, 1.82) is 0 Å². The zero-order valence-electron chi connectivity index (χ0n) is 12.5. The van der Waals surface area contributed by atoms with Crippen LogP contribution >= 0.6 is 0 Å². The highest BCUT2D eigenvalue weighted by molar-refractivity contribution is 5.91. The minimum Gasteiger partial charge on any atom is -0.347 e. The monoisotopic (exact) mass is 296 g/mol. The Bertz CT molecular complexity index is 606. The first-order chi connectivity index (χ1) is 10.8. The van der Waals surface area contributed by atoms with Crippen LogP contribution in [0, 0.1) is 0 Å². The van der Waals surface area contributed by atoms with Crippen LogP contribution in [0.3, 0.4) is 0 Å². The molecule has 0 unspecified atom stereocenters. The molecule has 0 atom stereocenters. The maximum atomic E-state index is 11.9. The quantitative estimate of drug-likeness (QED) is 0.917. The molecule has 1 amide bonds. The number of likely N-dealkylation sites (tertiary alicyclic amines) is 1. The van der Waals surface area contributed by atoms with E-state index in [1.807, 2.05) is 0 Å².